The molecule has 3 N–H and O–H groups in total. The van der Waals surface area contributed by atoms with Crippen LogP contribution in [0.25, 0.3) is 0 Å². The summed E-state index contributed by atoms with van der Waals surface area (Å²) in [7, 11) is 0. The zero-order chi connectivity index (χ0) is 27.4. The maximum Gasteiger partial charge on any atom is 0.240 e. The predicted molar refractivity (Wildman–Crippen MR) is 156 cm³/mol. The van der Waals surface area contributed by atoms with Crippen LogP contribution in [0.5, 0.6) is 0 Å². The molecule has 2 saturated heterocycles. The average Bonchev–Trinajstić information content (AvgIpc) is 3.44. The minimum absolute atomic E-state index is 0.0293. The number of aliphatic hydroxyl groups is 2. The van der Waals surface area contributed by atoms with E-state index in [2.05, 4.69) is 40.6 Å². The third-order valence-electron chi connectivity index (χ3n) is 8.82. The van der Waals surface area contributed by atoms with Gasteiger partial charge in [-0.3, -0.25) is 9.69 Å². The number of hydrogen-bond acceptors (Lipinski definition) is 5. The topological polar surface area (TPSA) is 76.0 Å². The lowest BCUT2D eigenvalue weighted by Crippen LogP contribution is -2.64. The monoisotopic (exact) mass is 551 g/mol. The van der Waals surface area contributed by atoms with Gasteiger partial charge in [-0.1, -0.05) is 72.3 Å². The molecule has 0 aromatic heterocycles. The Labute approximate surface area is 238 Å². The molecule has 0 saturated carbocycles. The van der Waals surface area contributed by atoms with Gasteiger partial charge in [0.1, 0.15) is 5.66 Å². The number of anilines is 1. The summed E-state index contributed by atoms with van der Waals surface area (Å²) in [6.07, 6.45) is 6.00. The number of carbonyl (C=O) groups is 1. The molecule has 7 rings (SSSR count). The maximum atomic E-state index is 14.3. The van der Waals surface area contributed by atoms with E-state index in [9.17, 15) is 15.0 Å². The van der Waals surface area contributed by atoms with Gasteiger partial charge in [-0.25, -0.2) is 0 Å². The van der Waals surface area contributed by atoms with Crippen molar-refractivity contribution in [2.75, 3.05) is 18.4 Å². The van der Waals surface area contributed by atoms with Crippen LogP contribution >= 0.6 is 11.6 Å². The molecule has 2 fully saturated rings. The third-order valence-corrected chi connectivity index (χ3v) is 9.08. The van der Waals surface area contributed by atoms with Gasteiger partial charge >= 0.3 is 0 Å². The Kier molecular flexibility index (Phi) is 5.99. The standard InChI is InChI=1S/C33H30ClN3O3/c34-25-11-13-26(14-12-25)35-33-18-23-15-30(38)31(39)17-24(33)16-28-32(40)36(20-29(23)37(28)33)19-27(21-7-3-1-4-8-21)22-9-5-2-6-10-22/h1-15,17-18,24,27-29,35,38-39H,16,19-20H2/b30-15+,31-17+/t24?,28-,29-,33?/m0/s1. The van der Waals surface area contributed by atoms with Crippen LogP contribution in [-0.2, 0) is 4.79 Å². The highest BCUT2D eigenvalue weighted by Crippen LogP contribution is 2.52. The molecule has 2 bridgehead atoms. The highest BCUT2D eigenvalue weighted by atomic mass is 35.5. The van der Waals surface area contributed by atoms with Crippen molar-refractivity contribution in [2.24, 2.45) is 5.92 Å². The molecule has 2 unspecified atom stereocenters. The first-order chi connectivity index (χ1) is 19.4. The van der Waals surface area contributed by atoms with E-state index in [0.29, 0.717) is 24.5 Å². The molecular weight excluding hydrogens is 522 g/mol. The summed E-state index contributed by atoms with van der Waals surface area (Å²) in [5, 5.41) is 25.7. The van der Waals surface area contributed by atoms with Gasteiger partial charge in [0.15, 0.2) is 11.5 Å². The van der Waals surface area contributed by atoms with Crippen molar-refractivity contribution in [2.45, 2.75) is 30.1 Å². The second-order valence-electron chi connectivity index (χ2n) is 11.1. The Morgan fingerprint density at radius 3 is 2.20 bits per heavy atom. The van der Waals surface area contributed by atoms with E-state index < -0.39 is 5.66 Å². The fraction of sp³-hybridized carbons (Fsp3) is 0.242. The Hall–Kier alpha value is -4.00. The van der Waals surface area contributed by atoms with E-state index >= 15 is 0 Å². The number of nitrogens with one attached hydrogen (secondary N) is 1. The van der Waals surface area contributed by atoms with E-state index in [1.165, 1.54) is 11.1 Å². The molecule has 3 aromatic rings. The number of piperazine rings is 1. The molecule has 202 valence electrons. The largest absolute Gasteiger partial charge is 0.504 e. The molecule has 7 heteroatoms. The Morgan fingerprint density at radius 1 is 0.900 bits per heavy atom. The SMILES string of the molecule is O=C1[C@@H]2CC3/C=C(O)\C(O)=C/C4=CC3(Nc3ccc(Cl)cc3)N2[C@H]4CN1CC(c1ccccc1)c1ccccc1. The summed E-state index contributed by atoms with van der Waals surface area (Å²) in [6.45, 7) is 1.04. The van der Waals surface area contributed by atoms with Crippen LogP contribution in [0.1, 0.15) is 23.5 Å². The van der Waals surface area contributed by atoms with Crippen molar-refractivity contribution >= 4 is 23.2 Å². The molecule has 1 amide bonds. The van der Waals surface area contributed by atoms with Gasteiger partial charge in [-0.2, -0.15) is 0 Å². The fourth-order valence-electron chi connectivity index (χ4n) is 7.03. The number of amides is 1. The smallest absolute Gasteiger partial charge is 0.240 e. The number of fused-ring (bicyclic) bond motifs is 1. The van der Waals surface area contributed by atoms with Crippen LogP contribution in [0.15, 0.2) is 120 Å². The predicted octanol–water partition coefficient (Wildman–Crippen LogP) is 6.02. The van der Waals surface area contributed by atoms with Crippen molar-refractivity contribution < 1.29 is 15.0 Å². The Morgan fingerprint density at radius 2 is 1.55 bits per heavy atom. The fourth-order valence-corrected chi connectivity index (χ4v) is 7.16. The van der Waals surface area contributed by atoms with E-state index in [1.54, 1.807) is 12.2 Å². The van der Waals surface area contributed by atoms with Gasteiger partial charge in [0, 0.05) is 35.6 Å². The van der Waals surface area contributed by atoms with Crippen LogP contribution in [0, 0.1) is 5.92 Å². The van der Waals surface area contributed by atoms with Crippen LogP contribution in [-0.4, -0.2) is 56.8 Å². The van der Waals surface area contributed by atoms with Crippen LogP contribution in [0.2, 0.25) is 5.02 Å². The molecular formula is C33H30ClN3O3. The van der Waals surface area contributed by atoms with E-state index in [4.69, 9.17) is 11.6 Å². The van der Waals surface area contributed by atoms with Gasteiger partial charge in [-0.15, -0.1) is 0 Å². The first-order valence-corrected chi connectivity index (χ1v) is 14.1. The van der Waals surface area contributed by atoms with Gasteiger partial charge in [0.25, 0.3) is 0 Å². The lowest BCUT2D eigenvalue weighted by molar-refractivity contribution is -0.143. The van der Waals surface area contributed by atoms with Gasteiger partial charge in [0.05, 0.1) is 12.1 Å². The van der Waals surface area contributed by atoms with E-state index in [-0.39, 0.29) is 41.3 Å². The summed E-state index contributed by atoms with van der Waals surface area (Å²) in [4.78, 5) is 18.5. The molecule has 4 atom stereocenters. The van der Waals surface area contributed by atoms with Gasteiger partial charge < -0.3 is 20.4 Å². The minimum Gasteiger partial charge on any atom is -0.504 e. The Bertz CT molecular complexity index is 1500. The number of carbonyl (C=O) groups excluding carboxylic acids is 1. The highest BCUT2D eigenvalue weighted by molar-refractivity contribution is 6.30. The number of nitrogens with zero attached hydrogens (tertiary/aromatic N) is 2. The zero-order valence-electron chi connectivity index (χ0n) is 21.8. The number of halogens is 1. The molecule has 0 spiro atoms. The molecule has 6 nitrogen and oxygen atoms in total. The summed E-state index contributed by atoms with van der Waals surface area (Å²) in [5.74, 6) is -0.424. The van der Waals surface area contributed by atoms with E-state index in [0.717, 1.165) is 11.3 Å². The summed E-state index contributed by atoms with van der Waals surface area (Å²) >= 11 is 6.15. The summed E-state index contributed by atoms with van der Waals surface area (Å²) in [6, 6.07) is 27.7. The van der Waals surface area contributed by atoms with Crippen molar-refractivity contribution in [3.8, 4) is 0 Å². The van der Waals surface area contributed by atoms with E-state index in [1.807, 2.05) is 65.6 Å². The number of hydrogen-bond donors (Lipinski definition) is 3. The second-order valence-corrected chi connectivity index (χ2v) is 11.5. The number of benzene rings is 3. The minimum atomic E-state index is -0.719. The van der Waals surface area contributed by atoms with Crippen molar-refractivity contribution in [1.82, 2.24) is 9.80 Å². The molecule has 3 aromatic carbocycles. The summed E-state index contributed by atoms with van der Waals surface area (Å²) in [5.41, 5.74) is 3.38. The lowest BCUT2D eigenvalue weighted by atomic mass is 9.87. The molecule has 3 aliphatic heterocycles. The first-order valence-electron chi connectivity index (χ1n) is 13.7. The Balaban J connectivity index is 1.27. The molecule has 40 heavy (non-hydrogen) atoms. The number of rotatable bonds is 6. The van der Waals surface area contributed by atoms with Crippen molar-refractivity contribution in [1.29, 1.82) is 0 Å². The zero-order valence-corrected chi connectivity index (χ0v) is 22.6. The van der Waals surface area contributed by atoms with Gasteiger partial charge in [0.2, 0.25) is 5.91 Å². The first kappa shape index (κ1) is 25.0. The molecule has 1 aliphatic carbocycles. The maximum absolute atomic E-state index is 14.3. The van der Waals surface area contributed by atoms with Crippen molar-refractivity contribution in [3.05, 3.63) is 136 Å². The molecule has 4 aliphatic rings. The average molecular weight is 552 g/mol. The second kappa shape index (κ2) is 9.58. The van der Waals surface area contributed by atoms with Gasteiger partial charge in [-0.05, 0) is 65.6 Å². The highest BCUT2D eigenvalue weighted by Gasteiger charge is 2.63. The van der Waals surface area contributed by atoms with Crippen molar-refractivity contribution in [3.63, 3.8) is 0 Å². The number of aliphatic hydroxyl groups excluding tert-OH is 2. The molecule has 3 heterocycles. The third kappa shape index (κ3) is 4.02. The van der Waals surface area contributed by atoms with Crippen LogP contribution in [0.4, 0.5) is 5.69 Å². The van der Waals surface area contributed by atoms with Crippen LogP contribution < -0.4 is 5.32 Å². The molecule has 0 radical (unpaired) electrons. The summed E-state index contributed by atoms with van der Waals surface area (Å²) < 4.78 is 0. The van der Waals surface area contributed by atoms with Crippen LogP contribution in [0.3, 0.4) is 0 Å². The lowest BCUT2D eigenvalue weighted by Gasteiger charge is -2.47. The quantitative estimate of drug-likeness (QED) is 0.349. The normalized spacial score (nSPS) is 29.8.